The predicted octanol–water partition coefficient (Wildman–Crippen LogP) is 2.45. The van der Waals surface area contributed by atoms with Gasteiger partial charge in [-0.05, 0) is 31.0 Å². The number of halogens is 1. The standard InChI is InChI=1S/C11H17ClN2O/c1-9-4-6-13-11(7-9)14-10(3-5-12)8-15-2/h4,6-7,10H,3,5,8H2,1-2H3,(H,13,14). The Morgan fingerprint density at radius 1 is 1.60 bits per heavy atom. The highest BCUT2D eigenvalue weighted by atomic mass is 35.5. The molecule has 0 aliphatic rings. The number of anilines is 1. The van der Waals surface area contributed by atoms with E-state index in [-0.39, 0.29) is 6.04 Å². The molecule has 0 fully saturated rings. The molecule has 1 aromatic rings. The average molecular weight is 229 g/mol. The summed E-state index contributed by atoms with van der Waals surface area (Å²) in [6, 6.07) is 4.20. The third-order valence-electron chi connectivity index (χ3n) is 2.09. The first-order valence-corrected chi connectivity index (χ1v) is 5.54. The van der Waals surface area contributed by atoms with Crippen LogP contribution in [-0.2, 0) is 4.74 Å². The Morgan fingerprint density at radius 3 is 3.00 bits per heavy atom. The van der Waals surface area contributed by atoms with Crippen molar-refractivity contribution in [3.8, 4) is 0 Å². The molecule has 84 valence electrons. The van der Waals surface area contributed by atoms with Gasteiger partial charge in [-0.25, -0.2) is 4.98 Å². The van der Waals surface area contributed by atoms with Crippen molar-refractivity contribution in [2.24, 2.45) is 0 Å². The van der Waals surface area contributed by atoms with Gasteiger partial charge in [-0.15, -0.1) is 11.6 Å². The highest BCUT2D eigenvalue weighted by Gasteiger charge is 2.07. The SMILES string of the molecule is COCC(CCCl)Nc1cc(C)ccn1. The lowest BCUT2D eigenvalue weighted by molar-refractivity contribution is 0.184. The topological polar surface area (TPSA) is 34.1 Å². The van der Waals surface area contributed by atoms with Gasteiger partial charge in [0.2, 0.25) is 0 Å². The maximum Gasteiger partial charge on any atom is 0.126 e. The van der Waals surface area contributed by atoms with Crippen LogP contribution in [0.2, 0.25) is 0 Å². The fraction of sp³-hybridized carbons (Fsp3) is 0.545. The second-order valence-electron chi connectivity index (χ2n) is 3.49. The Bertz CT molecular complexity index is 288. The van der Waals surface area contributed by atoms with Gasteiger partial charge in [0.25, 0.3) is 0 Å². The van der Waals surface area contributed by atoms with Crippen LogP contribution in [-0.4, -0.2) is 30.6 Å². The van der Waals surface area contributed by atoms with Gasteiger partial charge in [-0.2, -0.15) is 0 Å². The zero-order valence-corrected chi connectivity index (χ0v) is 9.92. The molecule has 0 aliphatic heterocycles. The third-order valence-corrected chi connectivity index (χ3v) is 2.31. The Balaban J connectivity index is 2.56. The van der Waals surface area contributed by atoms with Gasteiger partial charge < -0.3 is 10.1 Å². The second-order valence-corrected chi connectivity index (χ2v) is 3.87. The Hall–Kier alpha value is -0.800. The molecule has 1 atom stereocenters. The maximum atomic E-state index is 5.71. The van der Waals surface area contributed by atoms with Crippen molar-refractivity contribution in [3.63, 3.8) is 0 Å². The molecule has 0 aliphatic carbocycles. The molecule has 15 heavy (non-hydrogen) atoms. The number of aromatic nitrogens is 1. The van der Waals surface area contributed by atoms with E-state index in [2.05, 4.69) is 10.3 Å². The number of alkyl halides is 1. The number of hydrogen-bond donors (Lipinski definition) is 1. The fourth-order valence-electron chi connectivity index (χ4n) is 1.35. The minimum Gasteiger partial charge on any atom is -0.383 e. The maximum absolute atomic E-state index is 5.71. The van der Waals surface area contributed by atoms with E-state index in [0.717, 1.165) is 12.2 Å². The van der Waals surface area contributed by atoms with E-state index in [9.17, 15) is 0 Å². The van der Waals surface area contributed by atoms with Gasteiger partial charge in [0, 0.05) is 19.2 Å². The largest absolute Gasteiger partial charge is 0.383 e. The molecule has 1 aromatic heterocycles. The third kappa shape index (κ3) is 4.49. The molecular formula is C11H17ClN2O. The van der Waals surface area contributed by atoms with Gasteiger partial charge in [0.15, 0.2) is 0 Å². The predicted molar refractivity (Wildman–Crippen MR) is 63.6 cm³/mol. The normalized spacial score (nSPS) is 12.5. The molecule has 4 heteroatoms. The van der Waals surface area contributed by atoms with E-state index in [1.165, 1.54) is 5.56 Å². The van der Waals surface area contributed by atoms with Crippen LogP contribution in [0.1, 0.15) is 12.0 Å². The summed E-state index contributed by atoms with van der Waals surface area (Å²) in [4.78, 5) is 4.23. The van der Waals surface area contributed by atoms with E-state index in [1.807, 2.05) is 19.1 Å². The number of methoxy groups -OCH3 is 1. The van der Waals surface area contributed by atoms with Gasteiger partial charge in [-0.3, -0.25) is 0 Å². The Kier molecular flexibility index (Phi) is 5.43. The van der Waals surface area contributed by atoms with Crippen molar-refractivity contribution in [1.29, 1.82) is 0 Å². The lowest BCUT2D eigenvalue weighted by Gasteiger charge is -2.17. The van der Waals surface area contributed by atoms with Crippen LogP contribution < -0.4 is 5.32 Å². The van der Waals surface area contributed by atoms with Crippen LogP contribution in [0, 0.1) is 6.92 Å². The number of nitrogens with one attached hydrogen (secondary N) is 1. The first-order valence-electron chi connectivity index (χ1n) is 5.00. The molecule has 0 bridgehead atoms. The van der Waals surface area contributed by atoms with E-state index in [4.69, 9.17) is 16.3 Å². The van der Waals surface area contributed by atoms with Crippen molar-refractivity contribution in [3.05, 3.63) is 23.9 Å². The number of ether oxygens (including phenoxy) is 1. The molecular weight excluding hydrogens is 212 g/mol. The van der Waals surface area contributed by atoms with Gasteiger partial charge in [-0.1, -0.05) is 0 Å². The highest BCUT2D eigenvalue weighted by molar-refractivity contribution is 6.17. The number of nitrogens with zero attached hydrogens (tertiary/aromatic N) is 1. The van der Waals surface area contributed by atoms with Crippen LogP contribution in [0.15, 0.2) is 18.3 Å². The summed E-state index contributed by atoms with van der Waals surface area (Å²) < 4.78 is 5.11. The van der Waals surface area contributed by atoms with E-state index in [0.29, 0.717) is 12.5 Å². The molecule has 0 radical (unpaired) electrons. The molecule has 1 rings (SSSR count). The van der Waals surface area contributed by atoms with Crippen LogP contribution in [0.5, 0.6) is 0 Å². The van der Waals surface area contributed by atoms with E-state index in [1.54, 1.807) is 13.3 Å². The summed E-state index contributed by atoms with van der Waals surface area (Å²) in [7, 11) is 1.69. The Labute approximate surface area is 95.8 Å². The summed E-state index contributed by atoms with van der Waals surface area (Å²) in [6.45, 7) is 2.68. The number of hydrogen-bond acceptors (Lipinski definition) is 3. The molecule has 1 N–H and O–H groups in total. The summed E-state index contributed by atoms with van der Waals surface area (Å²) in [5.74, 6) is 1.49. The minimum absolute atomic E-state index is 0.224. The minimum atomic E-state index is 0.224. The molecule has 0 spiro atoms. The lowest BCUT2D eigenvalue weighted by Crippen LogP contribution is -2.25. The smallest absolute Gasteiger partial charge is 0.126 e. The van der Waals surface area contributed by atoms with Crippen molar-refractivity contribution >= 4 is 17.4 Å². The number of aryl methyl sites for hydroxylation is 1. The molecule has 1 heterocycles. The quantitative estimate of drug-likeness (QED) is 0.760. The summed E-state index contributed by atoms with van der Waals surface area (Å²) in [6.07, 6.45) is 2.66. The molecule has 1 unspecified atom stereocenters. The molecule has 0 aromatic carbocycles. The molecule has 3 nitrogen and oxygen atoms in total. The summed E-state index contributed by atoms with van der Waals surface area (Å²) in [5, 5.41) is 3.30. The first kappa shape index (κ1) is 12.3. The highest BCUT2D eigenvalue weighted by Crippen LogP contribution is 2.09. The van der Waals surface area contributed by atoms with E-state index < -0.39 is 0 Å². The monoisotopic (exact) mass is 228 g/mol. The van der Waals surface area contributed by atoms with Crippen molar-refractivity contribution in [2.75, 3.05) is 24.9 Å². The summed E-state index contributed by atoms with van der Waals surface area (Å²) in [5.41, 5.74) is 1.19. The van der Waals surface area contributed by atoms with Crippen molar-refractivity contribution in [1.82, 2.24) is 4.98 Å². The van der Waals surface area contributed by atoms with Crippen LogP contribution >= 0.6 is 11.6 Å². The van der Waals surface area contributed by atoms with Gasteiger partial charge >= 0.3 is 0 Å². The van der Waals surface area contributed by atoms with Crippen molar-refractivity contribution < 1.29 is 4.74 Å². The second kappa shape index (κ2) is 6.64. The van der Waals surface area contributed by atoms with Crippen LogP contribution in [0.4, 0.5) is 5.82 Å². The molecule has 0 amide bonds. The number of pyridine rings is 1. The summed E-state index contributed by atoms with van der Waals surface area (Å²) >= 11 is 5.71. The van der Waals surface area contributed by atoms with Crippen LogP contribution in [0.3, 0.4) is 0 Å². The molecule has 0 saturated heterocycles. The lowest BCUT2D eigenvalue weighted by atomic mass is 10.2. The zero-order valence-electron chi connectivity index (χ0n) is 9.16. The van der Waals surface area contributed by atoms with Gasteiger partial charge in [0.1, 0.15) is 5.82 Å². The van der Waals surface area contributed by atoms with Crippen LogP contribution in [0.25, 0.3) is 0 Å². The molecule has 0 saturated carbocycles. The average Bonchev–Trinajstić information content (AvgIpc) is 2.18. The number of rotatable bonds is 6. The van der Waals surface area contributed by atoms with E-state index >= 15 is 0 Å². The zero-order chi connectivity index (χ0) is 11.1. The first-order chi connectivity index (χ1) is 7.26. The Morgan fingerprint density at radius 2 is 2.40 bits per heavy atom. The van der Waals surface area contributed by atoms with Crippen molar-refractivity contribution in [2.45, 2.75) is 19.4 Å². The fourth-order valence-corrected chi connectivity index (χ4v) is 1.62. The van der Waals surface area contributed by atoms with Gasteiger partial charge in [0.05, 0.1) is 12.6 Å².